The van der Waals surface area contributed by atoms with E-state index in [9.17, 15) is 9.59 Å². The number of hydrogen-bond donors (Lipinski definition) is 3. The zero-order valence-electron chi connectivity index (χ0n) is 11.6. The second kappa shape index (κ2) is 7.03. The highest BCUT2D eigenvalue weighted by atomic mass is 32.1. The fraction of sp³-hybridized carbons (Fsp3) is 0.357. The van der Waals surface area contributed by atoms with E-state index < -0.39 is 17.9 Å². The number of unbranched alkanes of at least 4 members (excludes halogenated alkanes) is 1. The van der Waals surface area contributed by atoms with Gasteiger partial charge < -0.3 is 10.4 Å². The van der Waals surface area contributed by atoms with Crippen LogP contribution < -0.4 is 5.32 Å². The molecule has 0 fully saturated rings. The molecule has 6 nitrogen and oxygen atoms in total. The van der Waals surface area contributed by atoms with E-state index in [4.69, 9.17) is 5.11 Å². The number of aromatic amines is 1. The number of carbonyl (C=O) groups excluding carboxylic acids is 1. The van der Waals surface area contributed by atoms with Crippen LogP contribution in [-0.2, 0) is 4.79 Å². The van der Waals surface area contributed by atoms with Crippen LogP contribution in [0, 0.1) is 0 Å². The zero-order chi connectivity index (χ0) is 15.2. The summed E-state index contributed by atoms with van der Waals surface area (Å²) in [7, 11) is 0. The van der Waals surface area contributed by atoms with Crippen molar-refractivity contribution in [2.24, 2.45) is 0 Å². The largest absolute Gasteiger partial charge is 0.480 e. The third kappa shape index (κ3) is 3.69. The molecule has 0 aromatic carbocycles. The molecule has 2 aromatic rings. The Hall–Kier alpha value is -2.15. The van der Waals surface area contributed by atoms with Crippen molar-refractivity contribution in [3.05, 3.63) is 28.6 Å². The fourth-order valence-electron chi connectivity index (χ4n) is 1.99. The zero-order valence-corrected chi connectivity index (χ0v) is 12.4. The summed E-state index contributed by atoms with van der Waals surface area (Å²) in [6.07, 6.45) is 3.47. The number of nitrogens with zero attached hydrogens (tertiary/aromatic N) is 1. The second-order valence-electron chi connectivity index (χ2n) is 4.68. The highest BCUT2D eigenvalue weighted by molar-refractivity contribution is 7.08. The summed E-state index contributed by atoms with van der Waals surface area (Å²) in [6, 6.07) is 1.00. The number of carboxylic acid groups (broad SMARTS) is 1. The molecular formula is C14H17N3O3S. The highest BCUT2D eigenvalue weighted by Crippen LogP contribution is 2.23. The summed E-state index contributed by atoms with van der Waals surface area (Å²) in [4.78, 5) is 23.5. The molecule has 2 rings (SSSR count). The first kappa shape index (κ1) is 15.2. The van der Waals surface area contributed by atoms with E-state index >= 15 is 0 Å². The summed E-state index contributed by atoms with van der Waals surface area (Å²) >= 11 is 1.51. The van der Waals surface area contributed by atoms with Gasteiger partial charge in [-0.05, 0) is 17.9 Å². The molecule has 1 atom stereocenters. The van der Waals surface area contributed by atoms with Crippen LogP contribution in [0.4, 0.5) is 0 Å². The smallest absolute Gasteiger partial charge is 0.326 e. The molecule has 3 N–H and O–H groups in total. The predicted molar refractivity (Wildman–Crippen MR) is 80.3 cm³/mol. The van der Waals surface area contributed by atoms with E-state index in [1.54, 1.807) is 0 Å². The minimum atomic E-state index is -1.02. The van der Waals surface area contributed by atoms with Gasteiger partial charge in [-0.15, -0.1) is 0 Å². The van der Waals surface area contributed by atoms with Crippen molar-refractivity contribution in [1.82, 2.24) is 15.5 Å². The summed E-state index contributed by atoms with van der Waals surface area (Å²) in [6.45, 7) is 1.98. The third-order valence-electron chi connectivity index (χ3n) is 3.14. The van der Waals surface area contributed by atoms with Gasteiger partial charge in [-0.3, -0.25) is 9.89 Å². The second-order valence-corrected chi connectivity index (χ2v) is 5.46. The number of hydrogen-bond acceptors (Lipinski definition) is 4. The van der Waals surface area contributed by atoms with Crippen LogP contribution in [0.25, 0.3) is 11.3 Å². The Balaban J connectivity index is 2.13. The maximum atomic E-state index is 12.3. The lowest BCUT2D eigenvalue weighted by Gasteiger charge is -2.13. The maximum Gasteiger partial charge on any atom is 0.326 e. The molecule has 21 heavy (non-hydrogen) atoms. The number of carboxylic acids is 1. The molecule has 112 valence electrons. The van der Waals surface area contributed by atoms with Crippen molar-refractivity contribution in [3.8, 4) is 11.3 Å². The van der Waals surface area contributed by atoms with Crippen LogP contribution >= 0.6 is 11.3 Å². The molecule has 7 heteroatoms. The molecule has 0 aliphatic carbocycles. The lowest BCUT2D eigenvalue weighted by molar-refractivity contribution is -0.139. The van der Waals surface area contributed by atoms with Gasteiger partial charge >= 0.3 is 5.97 Å². The van der Waals surface area contributed by atoms with Gasteiger partial charge in [-0.1, -0.05) is 19.8 Å². The summed E-state index contributed by atoms with van der Waals surface area (Å²) in [5.74, 6) is -1.44. The highest BCUT2D eigenvalue weighted by Gasteiger charge is 2.22. The van der Waals surface area contributed by atoms with Crippen LogP contribution in [0.1, 0.15) is 36.5 Å². The first-order chi connectivity index (χ1) is 10.1. The summed E-state index contributed by atoms with van der Waals surface area (Å²) in [5.41, 5.74) is 1.83. The Kier molecular flexibility index (Phi) is 5.10. The van der Waals surface area contributed by atoms with Crippen molar-refractivity contribution in [2.75, 3.05) is 0 Å². The molecular weight excluding hydrogens is 290 g/mol. The van der Waals surface area contributed by atoms with Crippen molar-refractivity contribution < 1.29 is 14.7 Å². The Bertz CT molecular complexity index is 607. The maximum absolute atomic E-state index is 12.3. The lowest BCUT2D eigenvalue weighted by atomic mass is 10.1. The van der Waals surface area contributed by atoms with Crippen molar-refractivity contribution in [3.63, 3.8) is 0 Å². The average molecular weight is 307 g/mol. The van der Waals surface area contributed by atoms with Gasteiger partial charge in [0.25, 0.3) is 5.91 Å². The first-order valence-electron chi connectivity index (χ1n) is 6.73. The lowest BCUT2D eigenvalue weighted by Crippen LogP contribution is -2.40. The van der Waals surface area contributed by atoms with Gasteiger partial charge in [0.1, 0.15) is 6.04 Å². The Morgan fingerprint density at radius 2 is 2.33 bits per heavy atom. The van der Waals surface area contributed by atoms with Gasteiger partial charge in [0.2, 0.25) is 0 Å². The number of carbonyl (C=O) groups is 2. The molecule has 2 heterocycles. The van der Waals surface area contributed by atoms with Crippen molar-refractivity contribution in [1.29, 1.82) is 0 Å². The number of aromatic nitrogens is 2. The summed E-state index contributed by atoms with van der Waals surface area (Å²) < 4.78 is 0. The van der Waals surface area contributed by atoms with E-state index in [0.717, 1.165) is 18.4 Å². The number of aliphatic carboxylic acids is 1. The minimum absolute atomic E-state index is 0.358. The standard InChI is InChI=1S/C14H17N3O3S/c1-2-3-4-11(14(19)20)16-13(18)10-7-15-17-12(10)9-5-6-21-8-9/h5-8,11H,2-4H2,1H3,(H,15,17)(H,16,18)(H,19,20). The van der Waals surface area contributed by atoms with Crippen LogP contribution in [-0.4, -0.2) is 33.2 Å². The monoisotopic (exact) mass is 307 g/mol. The molecule has 0 radical (unpaired) electrons. The number of nitrogens with one attached hydrogen (secondary N) is 2. The number of amides is 1. The number of H-pyrrole nitrogens is 1. The molecule has 1 unspecified atom stereocenters. The van der Waals surface area contributed by atoms with Crippen LogP contribution in [0.2, 0.25) is 0 Å². The van der Waals surface area contributed by atoms with Gasteiger partial charge in [0.15, 0.2) is 0 Å². The minimum Gasteiger partial charge on any atom is -0.480 e. The predicted octanol–water partition coefficient (Wildman–Crippen LogP) is 2.51. The average Bonchev–Trinajstić information content (AvgIpc) is 3.11. The van der Waals surface area contributed by atoms with Gasteiger partial charge in [-0.25, -0.2) is 4.79 Å². The van der Waals surface area contributed by atoms with E-state index in [-0.39, 0.29) is 0 Å². The molecule has 0 spiro atoms. The van der Waals surface area contributed by atoms with E-state index in [1.807, 2.05) is 23.8 Å². The molecule has 0 aliphatic heterocycles. The van der Waals surface area contributed by atoms with E-state index in [0.29, 0.717) is 17.7 Å². The Morgan fingerprint density at radius 3 is 2.95 bits per heavy atom. The van der Waals surface area contributed by atoms with Crippen LogP contribution in [0.15, 0.2) is 23.0 Å². The Labute approximate surface area is 126 Å². The number of thiophene rings is 1. The first-order valence-corrected chi connectivity index (χ1v) is 7.67. The molecule has 0 bridgehead atoms. The van der Waals surface area contributed by atoms with E-state index in [2.05, 4.69) is 15.5 Å². The molecule has 0 saturated carbocycles. The quantitative estimate of drug-likeness (QED) is 0.732. The molecule has 0 aliphatic rings. The molecule has 2 aromatic heterocycles. The summed E-state index contributed by atoms with van der Waals surface area (Å²) in [5, 5.41) is 22.2. The normalized spacial score (nSPS) is 12.0. The van der Waals surface area contributed by atoms with E-state index in [1.165, 1.54) is 17.5 Å². The Morgan fingerprint density at radius 1 is 1.52 bits per heavy atom. The third-order valence-corrected chi connectivity index (χ3v) is 3.83. The number of rotatable bonds is 7. The van der Waals surface area contributed by atoms with Gasteiger partial charge in [-0.2, -0.15) is 16.4 Å². The SMILES string of the molecule is CCCCC(NC(=O)c1cn[nH]c1-c1ccsc1)C(=O)O. The van der Waals surface area contributed by atoms with Crippen molar-refractivity contribution >= 4 is 23.2 Å². The fourth-order valence-corrected chi connectivity index (χ4v) is 2.63. The topological polar surface area (TPSA) is 95.1 Å². The van der Waals surface area contributed by atoms with Crippen LogP contribution in [0.5, 0.6) is 0 Å². The van der Waals surface area contributed by atoms with Crippen LogP contribution in [0.3, 0.4) is 0 Å². The molecule has 0 saturated heterocycles. The molecule has 1 amide bonds. The van der Waals surface area contributed by atoms with Gasteiger partial charge in [0.05, 0.1) is 17.5 Å². The van der Waals surface area contributed by atoms with Gasteiger partial charge in [0, 0.05) is 10.9 Å². The van der Waals surface area contributed by atoms with Crippen molar-refractivity contribution in [2.45, 2.75) is 32.2 Å².